The molecule has 0 saturated carbocycles. The van der Waals surface area contributed by atoms with E-state index in [-0.39, 0.29) is 24.2 Å². The smallest absolute Gasteiger partial charge is 0.328 e. The molecule has 7 nitrogen and oxygen atoms in total. The first kappa shape index (κ1) is 16.0. The van der Waals surface area contributed by atoms with Crippen LogP contribution in [0, 0.1) is 5.82 Å². The molecule has 3 heterocycles. The van der Waals surface area contributed by atoms with E-state index in [1.54, 1.807) is 19.2 Å². The molecular formula is C17H18FN3O4. The SMILES string of the molecule is CO[C@@H]1C[C@H]2C(=O)N([C@@H]3CCN(c4ccccc4F)C3=O)C(=O)N2C1. The molecule has 1 aromatic rings. The Morgan fingerprint density at radius 2 is 1.88 bits per heavy atom. The van der Waals surface area contributed by atoms with Gasteiger partial charge in [-0.15, -0.1) is 0 Å². The van der Waals surface area contributed by atoms with E-state index in [4.69, 9.17) is 4.74 Å². The summed E-state index contributed by atoms with van der Waals surface area (Å²) in [5.74, 6) is -1.28. The number of fused-ring (bicyclic) bond motifs is 1. The number of nitrogens with zero attached hydrogens (tertiary/aromatic N) is 3. The van der Waals surface area contributed by atoms with Gasteiger partial charge in [0.05, 0.1) is 11.8 Å². The molecule has 132 valence electrons. The number of ether oxygens (including phenoxy) is 1. The van der Waals surface area contributed by atoms with Crippen LogP contribution in [-0.2, 0) is 14.3 Å². The minimum Gasteiger partial charge on any atom is -0.380 e. The number of amides is 4. The fraction of sp³-hybridized carbons (Fsp3) is 0.471. The lowest BCUT2D eigenvalue weighted by atomic mass is 10.1. The summed E-state index contributed by atoms with van der Waals surface area (Å²) in [7, 11) is 1.55. The second-order valence-electron chi connectivity index (χ2n) is 6.50. The van der Waals surface area contributed by atoms with E-state index in [1.807, 2.05) is 0 Å². The van der Waals surface area contributed by atoms with Gasteiger partial charge in [0.2, 0.25) is 0 Å². The molecule has 0 bridgehead atoms. The standard InChI is InChI=1S/C17H18FN3O4/c1-25-10-8-14-16(23)21(17(24)20(14)9-10)13-6-7-19(15(13)22)12-5-3-2-4-11(12)18/h2-5,10,13-14H,6-9H2,1H3/t10-,13-,14+/m1/s1. The van der Waals surface area contributed by atoms with Crippen molar-refractivity contribution in [1.29, 1.82) is 0 Å². The zero-order valence-corrected chi connectivity index (χ0v) is 13.7. The second kappa shape index (κ2) is 5.80. The molecule has 0 spiro atoms. The molecule has 0 N–H and O–H groups in total. The van der Waals surface area contributed by atoms with E-state index in [9.17, 15) is 18.8 Å². The van der Waals surface area contributed by atoms with Crippen molar-refractivity contribution in [3.8, 4) is 0 Å². The molecule has 3 aliphatic rings. The van der Waals surface area contributed by atoms with Crippen LogP contribution >= 0.6 is 0 Å². The number of imide groups is 1. The Labute approximate surface area is 143 Å². The van der Waals surface area contributed by atoms with Crippen LogP contribution in [0.3, 0.4) is 0 Å². The van der Waals surface area contributed by atoms with Gasteiger partial charge >= 0.3 is 6.03 Å². The number of rotatable bonds is 3. The highest BCUT2D eigenvalue weighted by Gasteiger charge is 2.55. The average molecular weight is 347 g/mol. The Balaban J connectivity index is 1.56. The molecule has 4 rings (SSSR count). The Hall–Kier alpha value is -2.48. The van der Waals surface area contributed by atoms with Gasteiger partial charge in [-0.2, -0.15) is 0 Å². The minimum atomic E-state index is -0.869. The zero-order chi connectivity index (χ0) is 17.7. The highest BCUT2D eigenvalue weighted by Crippen LogP contribution is 2.34. The number of hydrogen-bond acceptors (Lipinski definition) is 4. The summed E-state index contributed by atoms with van der Waals surface area (Å²) in [6, 6.07) is 4.10. The maximum absolute atomic E-state index is 14.0. The fourth-order valence-corrected chi connectivity index (χ4v) is 3.91. The largest absolute Gasteiger partial charge is 0.380 e. The Bertz CT molecular complexity index is 731. The number of urea groups is 1. The lowest BCUT2D eigenvalue weighted by molar-refractivity contribution is -0.134. The van der Waals surface area contributed by atoms with E-state index < -0.39 is 29.8 Å². The van der Waals surface area contributed by atoms with Crippen molar-refractivity contribution in [2.24, 2.45) is 0 Å². The van der Waals surface area contributed by atoms with Gasteiger partial charge in [0.25, 0.3) is 11.8 Å². The van der Waals surface area contributed by atoms with Gasteiger partial charge in [0.1, 0.15) is 17.9 Å². The van der Waals surface area contributed by atoms with Crippen molar-refractivity contribution < 1.29 is 23.5 Å². The quantitative estimate of drug-likeness (QED) is 0.765. The Morgan fingerprint density at radius 1 is 1.12 bits per heavy atom. The van der Waals surface area contributed by atoms with Gasteiger partial charge < -0.3 is 14.5 Å². The van der Waals surface area contributed by atoms with Gasteiger partial charge in [-0.1, -0.05) is 12.1 Å². The van der Waals surface area contributed by atoms with Crippen LogP contribution in [0.25, 0.3) is 0 Å². The van der Waals surface area contributed by atoms with Crippen molar-refractivity contribution in [3.63, 3.8) is 0 Å². The van der Waals surface area contributed by atoms with Crippen LogP contribution in [0.15, 0.2) is 24.3 Å². The average Bonchev–Trinajstić information content (AvgIpc) is 3.25. The number of anilines is 1. The first-order valence-electron chi connectivity index (χ1n) is 8.25. The second-order valence-corrected chi connectivity index (χ2v) is 6.50. The van der Waals surface area contributed by atoms with Crippen LogP contribution < -0.4 is 4.90 Å². The van der Waals surface area contributed by atoms with Crippen LogP contribution in [0.2, 0.25) is 0 Å². The van der Waals surface area contributed by atoms with E-state index in [0.717, 1.165) is 4.90 Å². The van der Waals surface area contributed by atoms with Crippen LogP contribution in [0.5, 0.6) is 0 Å². The first-order valence-corrected chi connectivity index (χ1v) is 8.25. The molecule has 4 amide bonds. The molecular weight excluding hydrogens is 329 g/mol. The molecule has 0 aliphatic carbocycles. The highest BCUT2D eigenvalue weighted by molar-refractivity contribution is 6.11. The predicted molar refractivity (Wildman–Crippen MR) is 85.3 cm³/mol. The normalized spacial score (nSPS) is 29.1. The molecule has 0 aromatic heterocycles. The molecule has 0 radical (unpaired) electrons. The third-order valence-electron chi connectivity index (χ3n) is 5.20. The van der Waals surface area contributed by atoms with Gasteiger partial charge in [0.15, 0.2) is 0 Å². The van der Waals surface area contributed by atoms with Gasteiger partial charge in [0, 0.05) is 26.6 Å². The van der Waals surface area contributed by atoms with Gasteiger partial charge in [-0.05, 0) is 18.6 Å². The predicted octanol–water partition coefficient (Wildman–Crippen LogP) is 0.982. The lowest BCUT2D eigenvalue weighted by Crippen LogP contribution is -2.47. The van der Waals surface area contributed by atoms with Crippen LogP contribution in [0.4, 0.5) is 14.9 Å². The summed E-state index contributed by atoms with van der Waals surface area (Å²) in [6.45, 7) is 0.618. The summed E-state index contributed by atoms with van der Waals surface area (Å²) in [6.07, 6.45) is 0.586. The van der Waals surface area contributed by atoms with Gasteiger partial charge in [-0.3, -0.25) is 9.59 Å². The number of carbonyl (C=O) groups excluding carboxylic acids is 3. The molecule has 3 atom stereocenters. The van der Waals surface area contributed by atoms with Crippen molar-refractivity contribution in [2.75, 3.05) is 25.1 Å². The number of halogens is 1. The van der Waals surface area contributed by atoms with Crippen LogP contribution in [0.1, 0.15) is 12.8 Å². The van der Waals surface area contributed by atoms with Crippen molar-refractivity contribution in [3.05, 3.63) is 30.1 Å². The summed E-state index contributed by atoms with van der Waals surface area (Å²) < 4.78 is 19.2. The number of hydrogen-bond donors (Lipinski definition) is 0. The minimum absolute atomic E-state index is 0.158. The first-order chi connectivity index (χ1) is 12.0. The van der Waals surface area contributed by atoms with Crippen molar-refractivity contribution >= 4 is 23.5 Å². The highest BCUT2D eigenvalue weighted by atomic mass is 19.1. The third-order valence-corrected chi connectivity index (χ3v) is 5.20. The zero-order valence-electron chi connectivity index (χ0n) is 13.7. The molecule has 3 aliphatic heterocycles. The monoisotopic (exact) mass is 347 g/mol. The maximum atomic E-state index is 14.0. The number of carbonyl (C=O) groups is 3. The van der Waals surface area contributed by atoms with Gasteiger partial charge in [-0.25, -0.2) is 14.1 Å². The van der Waals surface area contributed by atoms with E-state index in [2.05, 4.69) is 0 Å². The molecule has 3 fully saturated rings. The van der Waals surface area contributed by atoms with Crippen LogP contribution in [-0.4, -0.2) is 66.0 Å². The van der Waals surface area contributed by atoms with Crippen molar-refractivity contribution in [2.45, 2.75) is 31.0 Å². The van der Waals surface area contributed by atoms with Crippen molar-refractivity contribution in [1.82, 2.24) is 9.80 Å². The molecule has 0 unspecified atom stereocenters. The molecule has 25 heavy (non-hydrogen) atoms. The Kier molecular flexibility index (Phi) is 3.72. The molecule has 8 heteroatoms. The summed E-state index contributed by atoms with van der Waals surface area (Å²) in [5, 5.41) is 0. The summed E-state index contributed by atoms with van der Waals surface area (Å²) in [5.41, 5.74) is 0.175. The van der Waals surface area contributed by atoms with E-state index in [0.29, 0.717) is 19.4 Å². The Morgan fingerprint density at radius 3 is 2.56 bits per heavy atom. The molecule has 1 aromatic carbocycles. The topological polar surface area (TPSA) is 70.2 Å². The van der Waals surface area contributed by atoms with E-state index >= 15 is 0 Å². The fourth-order valence-electron chi connectivity index (χ4n) is 3.91. The number of benzene rings is 1. The summed E-state index contributed by atoms with van der Waals surface area (Å²) in [4.78, 5) is 41.9. The summed E-state index contributed by atoms with van der Waals surface area (Å²) >= 11 is 0. The van der Waals surface area contributed by atoms with E-state index in [1.165, 1.54) is 21.9 Å². The number of para-hydroxylation sites is 1. The molecule has 3 saturated heterocycles. The lowest BCUT2D eigenvalue weighted by Gasteiger charge is -2.23. The number of methoxy groups -OCH3 is 1. The maximum Gasteiger partial charge on any atom is 0.328 e. The third kappa shape index (κ3) is 2.31.